The molecule has 0 aliphatic heterocycles. The third-order valence-electron chi connectivity index (χ3n) is 2.80. The number of unbranched alkanes of at least 4 members (excludes halogenated alkanes) is 1. The molecule has 0 saturated heterocycles. The fraction of sp³-hybridized carbons (Fsp3) is 0.176. The van der Waals surface area contributed by atoms with E-state index in [-0.39, 0.29) is 0 Å². The Labute approximate surface area is 104 Å². The van der Waals surface area contributed by atoms with Crippen LogP contribution in [0.3, 0.4) is 0 Å². The normalized spacial score (nSPS) is 10.9. The van der Waals surface area contributed by atoms with Crippen LogP contribution >= 0.6 is 0 Å². The predicted molar refractivity (Wildman–Crippen MR) is 75.8 cm³/mol. The van der Waals surface area contributed by atoms with E-state index in [0.717, 1.165) is 6.42 Å². The molecule has 2 rings (SSSR count). The van der Waals surface area contributed by atoms with Crippen molar-refractivity contribution in [3.8, 4) is 11.1 Å². The first kappa shape index (κ1) is 11.7. The van der Waals surface area contributed by atoms with Gasteiger partial charge in [-0.05, 0) is 23.1 Å². The Bertz CT molecular complexity index is 480. The van der Waals surface area contributed by atoms with Crippen molar-refractivity contribution in [3.63, 3.8) is 0 Å². The van der Waals surface area contributed by atoms with E-state index in [2.05, 4.69) is 73.7 Å². The van der Waals surface area contributed by atoms with E-state index in [1.54, 1.807) is 0 Å². The van der Waals surface area contributed by atoms with E-state index >= 15 is 0 Å². The zero-order valence-electron chi connectivity index (χ0n) is 10.3. The molecule has 0 heteroatoms. The van der Waals surface area contributed by atoms with E-state index in [1.807, 2.05) is 0 Å². The van der Waals surface area contributed by atoms with E-state index in [9.17, 15) is 0 Å². The van der Waals surface area contributed by atoms with Gasteiger partial charge in [-0.3, -0.25) is 0 Å². The number of hydrogen-bond donors (Lipinski definition) is 0. The van der Waals surface area contributed by atoms with E-state index in [0.29, 0.717) is 0 Å². The van der Waals surface area contributed by atoms with Crippen molar-refractivity contribution < 1.29 is 0 Å². The molecular weight excluding hydrogens is 204 g/mol. The molecule has 0 radical (unpaired) electrons. The number of rotatable bonds is 4. The van der Waals surface area contributed by atoms with E-state index in [4.69, 9.17) is 0 Å². The Balaban J connectivity index is 2.34. The standard InChI is InChI=1S/C17H18/c1-2-3-5-10-15-13-8-9-14-17(15)16-11-6-4-7-12-16/h4-14H,2-3H2,1H3/b10-5+. The summed E-state index contributed by atoms with van der Waals surface area (Å²) in [6.07, 6.45) is 6.82. The lowest BCUT2D eigenvalue weighted by Gasteiger charge is -2.05. The average molecular weight is 222 g/mol. The van der Waals surface area contributed by atoms with Crippen LogP contribution in [0.15, 0.2) is 60.7 Å². The molecule has 2 aromatic rings. The Morgan fingerprint density at radius 1 is 0.882 bits per heavy atom. The second-order valence-corrected chi connectivity index (χ2v) is 4.14. The van der Waals surface area contributed by atoms with Gasteiger partial charge in [0, 0.05) is 0 Å². The van der Waals surface area contributed by atoms with Crippen LogP contribution < -0.4 is 0 Å². The number of allylic oxidation sites excluding steroid dienone is 1. The lowest BCUT2D eigenvalue weighted by molar-refractivity contribution is 0.962. The molecule has 17 heavy (non-hydrogen) atoms. The van der Waals surface area contributed by atoms with Gasteiger partial charge in [-0.1, -0.05) is 80.1 Å². The van der Waals surface area contributed by atoms with Gasteiger partial charge in [0.2, 0.25) is 0 Å². The van der Waals surface area contributed by atoms with Gasteiger partial charge in [0.25, 0.3) is 0 Å². The van der Waals surface area contributed by atoms with Gasteiger partial charge in [-0.25, -0.2) is 0 Å². The SMILES string of the molecule is CCC/C=C/c1ccccc1-c1ccccc1. The fourth-order valence-corrected chi connectivity index (χ4v) is 1.90. The lowest BCUT2D eigenvalue weighted by Crippen LogP contribution is -1.82. The minimum atomic E-state index is 1.14. The molecule has 0 heterocycles. The van der Waals surface area contributed by atoms with Crippen LogP contribution in [-0.4, -0.2) is 0 Å². The molecule has 0 unspecified atom stereocenters. The van der Waals surface area contributed by atoms with Gasteiger partial charge < -0.3 is 0 Å². The number of benzene rings is 2. The highest BCUT2D eigenvalue weighted by molar-refractivity contribution is 5.75. The maximum absolute atomic E-state index is 2.25. The van der Waals surface area contributed by atoms with Gasteiger partial charge in [0.1, 0.15) is 0 Å². The lowest BCUT2D eigenvalue weighted by atomic mass is 9.99. The average Bonchev–Trinajstić information content (AvgIpc) is 2.41. The highest BCUT2D eigenvalue weighted by Gasteiger charge is 2.00. The highest BCUT2D eigenvalue weighted by Crippen LogP contribution is 2.24. The van der Waals surface area contributed by atoms with Crippen LogP contribution in [0, 0.1) is 0 Å². The summed E-state index contributed by atoms with van der Waals surface area (Å²) in [7, 11) is 0. The molecule has 0 aliphatic rings. The van der Waals surface area contributed by atoms with E-state index < -0.39 is 0 Å². The number of hydrogen-bond acceptors (Lipinski definition) is 0. The summed E-state index contributed by atoms with van der Waals surface area (Å²) in [6, 6.07) is 19.1. The van der Waals surface area contributed by atoms with Gasteiger partial charge >= 0.3 is 0 Å². The molecule has 0 amide bonds. The Morgan fingerprint density at radius 2 is 1.59 bits per heavy atom. The molecular formula is C17H18. The highest BCUT2D eigenvalue weighted by atomic mass is 14.0. The maximum Gasteiger partial charge on any atom is -0.0112 e. The zero-order chi connectivity index (χ0) is 11.9. The molecule has 0 N–H and O–H groups in total. The molecule has 0 spiro atoms. The summed E-state index contributed by atoms with van der Waals surface area (Å²) < 4.78 is 0. The van der Waals surface area contributed by atoms with E-state index in [1.165, 1.54) is 23.1 Å². The van der Waals surface area contributed by atoms with Crippen molar-refractivity contribution in [2.24, 2.45) is 0 Å². The summed E-state index contributed by atoms with van der Waals surface area (Å²) >= 11 is 0. The molecule has 0 aliphatic carbocycles. The first-order valence-corrected chi connectivity index (χ1v) is 6.23. The van der Waals surface area contributed by atoms with Gasteiger partial charge in [-0.15, -0.1) is 0 Å². The summed E-state index contributed by atoms with van der Waals surface area (Å²) in [6.45, 7) is 2.20. The minimum Gasteiger partial charge on any atom is -0.0839 e. The van der Waals surface area contributed by atoms with Crippen LogP contribution in [0.4, 0.5) is 0 Å². The molecule has 0 aromatic heterocycles. The van der Waals surface area contributed by atoms with Crippen LogP contribution in [0.1, 0.15) is 25.3 Å². The van der Waals surface area contributed by atoms with Crippen molar-refractivity contribution in [2.45, 2.75) is 19.8 Å². The monoisotopic (exact) mass is 222 g/mol. The van der Waals surface area contributed by atoms with Crippen molar-refractivity contribution >= 4 is 6.08 Å². The van der Waals surface area contributed by atoms with Crippen LogP contribution in [-0.2, 0) is 0 Å². The molecule has 2 aromatic carbocycles. The molecule has 0 bridgehead atoms. The molecule has 86 valence electrons. The van der Waals surface area contributed by atoms with Crippen molar-refractivity contribution in [3.05, 3.63) is 66.2 Å². The first-order chi connectivity index (χ1) is 8.42. The van der Waals surface area contributed by atoms with Crippen molar-refractivity contribution in [1.82, 2.24) is 0 Å². The van der Waals surface area contributed by atoms with Crippen LogP contribution in [0.5, 0.6) is 0 Å². The second kappa shape index (κ2) is 6.05. The smallest absolute Gasteiger partial charge is 0.0112 e. The zero-order valence-corrected chi connectivity index (χ0v) is 10.3. The quantitative estimate of drug-likeness (QED) is 0.669. The maximum atomic E-state index is 2.25. The molecule has 0 nitrogen and oxygen atoms in total. The summed E-state index contributed by atoms with van der Waals surface area (Å²) in [4.78, 5) is 0. The summed E-state index contributed by atoms with van der Waals surface area (Å²) in [5.74, 6) is 0. The van der Waals surface area contributed by atoms with Gasteiger partial charge in [0.15, 0.2) is 0 Å². The van der Waals surface area contributed by atoms with Crippen LogP contribution in [0.25, 0.3) is 17.2 Å². The topological polar surface area (TPSA) is 0 Å². The minimum absolute atomic E-state index is 1.14. The van der Waals surface area contributed by atoms with Gasteiger partial charge in [-0.2, -0.15) is 0 Å². The first-order valence-electron chi connectivity index (χ1n) is 6.23. The van der Waals surface area contributed by atoms with Crippen molar-refractivity contribution in [2.75, 3.05) is 0 Å². The summed E-state index contributed by atoms with van der Waals surface area (Å²) in [5, 5.41) is 0. The molecule has 0 atom stereocenters. The van der Waals surface area contributed by atoms with Gasteiger partial charge in [0.05, 0.1) is 0 Å². The Morgan fingerprint density at radius 3 is 2.35 bits per heavy atom. The molecule has 0 fully saturated rings. The summed E-state index contributed by atoms with van der Waals surface area (Å²) in [5.41, 5.74) is 3.89. The van der Waals surface area contributed by atoms with Crippen LogP contribution in [0.2, 0.25) is 0 Å². The Hall–Kier alpha value is -1.82. The fourth-order valence-electron chi connectivity index (χ4n) is 1.90. The second-order valence-electron chi connectivity index (χ2n) is 4.14. The predicted octanol–water partition coefficient (Wildman–Crippen LogP) is 5.17. The largest absolute Gasteiger partial charge is 0.0839 e. The molecule has 0 saturated carbocycles. The third kappa shape index (κ3) is 3.07. The van der Waals surface area contributed by atoms with Crippen molar-refractivity contribution in [1.29, 1.82) is 0 Å². The third-order valence-corrected chi connectivity index (χ3v) is 2.80. The Kier molecular flexibility index (Phi) is 4.15.